The minimum Gasteiger partial charge on any atom is -0.460 e. The molecule has 45 heavy (non-hydrogen) atoms. The number of amides is 2. The molecule has 0 aliphatic carbocycles. The molecule has 3 aromatic carbocycles. The molecular weight excluding hydrogens is 584 g/mol. The van der Waals surface area contributed by atoms with Crippen LogP contribution >= 0.6 is 0 Å². The van der Waals surface area contributed by atoms with Crippen molar-refractivity contribution in [2.24, 2.45) is 10.7 Å². The van der Waals surface area contributed by atoms with Crippen molar-refractivity contribution in [2.75, 3.05) is 5.32 Å². The zero-order chi connectivity index (χ0) is 31.7. The lowest BCUT2D eigenvalue weighted by Gasteiger charge is -2.14. The van der Waals surface area contributed by atoms with Gasteiger partial charge in [-0.05, 0) is 36.8 Å². The summed E-state index contributed by atoms with van der Waals surface area (Å²) in [7, 11) is 0. The van der Waals surface area contributed by atoms with Gasteiger partial charge < -0.3 is 21.1 Å². The van der Waals surface area contributed by atoms with E-state index in [1.54, 1.807) is 42.5 Å². The second-order valence-corrected chi connectivity index (χ2v) is 10.2. The standard InChI is InChI=1S/C32H25F2N7O4/c1-17(35)32(44)45-16-18-11-12-20(23(34)15-18)27-24(29-36-13-6-14-41(29)40-27)30(42)39-28-31(43)38-26-21(9-5-10-22(26)33)25(37-28)19-7-3-2-4-8-19/h2-15,17,28H,16,35H2,1H3,(H,38,43)(H,39,42)/t17-,28+/m0/s1. The molecule has 1 aliphatic rings. The van der Waals surface area contributed by atoms with Gasteiger partial charge in [-0.2, -0.15) is 5.10 Å². The van der Waals surface area contributed by atoms with Crippen molar-refractivity contribution < 1.29 is 27.9 Å². The molecule has 0 unspecified atom stereocenters. The molecule has 0 radical (unpaired) electrons. The number of nitrogens with two attached hydrogens (primary N) is 1. The molecule has 2 atom stereocenters. The van der Waals surface area contributed by atoms with Crippen molar-refractivity contribution in [3.05, 3.63) is 119 Å². The van der Waals surface area contributed by atoms with E-state index in [2.05, 4.69) is 25.7 Å². The molecule has 4 N–H and O–H groups in total. The van der Waals surface area contributed by atoms with E-state index in [0.717, 1.165) is 6.07 Å². The maximum atomic E-state index is 15.5. The molecule has 5 aromatic rings. The highest BCUT2D eigenvalue weighted by molar-refractivity contribution is 6.20. The van der Waals surface area contributed by atoms with Gasteiger partial charge in [-0.25, -0.2) is 23.3 Å². The molecule has 0 bridgehead atoms. The van der Waals surface area contributed by atoms with Crippen LogP contribution in [0.1, 0.15) is 34.0 Å². The topological polar surface area (TPSA) is 153 Å². The number of hydrogen-bond donors (Lipinski definition) is 3. The Labute approximate surface area is 254 Å². The van der Waals surface area contributed by atoms with Gasteiger partial charge in [-0.3, -0.25) is 14.4 Å². The van der Waals surface area contributed by atoms with E-state index in [4.69, 9.17) is 10.5 Å². The summed E-state index contributed by atoms with van der Waals surface area (Å²) in [5, 5.41) is 9.52. The second-order valence-electron chi connectivity index (χ2n) is 10.2. The summed E-state index contributed by atoms with van der Waals surface area (Å²) in [6.45, 7) is 1.26. The van der Waals surface area contributed by atoms with Crippen molar-refractivity contribution in [2.45, 2.75) is 25.7 Å². The quantitative estimate of drug-likeness (QED) is 0.238. The fourth-order valence-electron chi connectivity index (χ4n) is 4.83. The number of para-hydroxylation sites is 1. The van der Waals surface area contributed by atoms with Gasteiger partial charge in [0.25, 0.3) is 11.8 Å². The number of nitrogens with one attached hydrogen (secondary N) is 2. The van der Waals surface area contributed by atoms with Crippen LogP contribution in [0.25, 0.3) is 16.9 Å². The van der Waals surface area contributed by atoms with Gasteiger partial charge in [0.1, 0.15) is 35.5 Å². The van der Waals surface area contributed by atoms with Gasteiger partial charge in [-0.1, -0.05) is 48.5 Å². The maximum absolute atomic E-state index is 15.5. The van der Waals surface area contributed by atoms with Crippen LogP contribution < -0.4 is 16.4 Å². The smallest absolute Gasteiger partial charge is 0.322 e. The number of halogens is 2. The first-order chi connectivity index (χ1) is 21.7. The van der Waals surface area contributed by atoms with Gasteiger partial charge in [-0.15, -0.1) is 0 Å². The van der Waals surface area contributed by atoms with Crippen LogP contribution in [0, 0.1) is 11.6 Å². The number of carbonyl (C=O) groups excluding carboxylic acids is 3. The van der Waals surface area contributed by atoms with E-state index in [0.29, 0.717) is 16.7 Å². The summed E-state index contributed by atoms with van der Waals surface area (Å²) in [5.41, 5.74) is 6.86. The summed E-state index contributed by atoms with van der Waals surface area (Å²) in [6, 6.07) is 18.0. The van der Waals surface area contributed by atoms with Crippen LogP contribution in [-0.2, 0) is 20.9 Å². The normalized spacial score (nSPS) is 15.0. The van der Waals surface area contributed by atoms with Gasteiger partial charge in [0.05, 0.1) is 11.4 Å². The highest BCUT2D eigenvalue weighted by Crippen LogP contribution is 2.30. The number of nitrogens with zero attached hydrogens (tertiary/aromatic N) is 4. The van der Waals surface area contributed by atoms with Crippen LogP contribution in [0.5, 0.6) is 0 Å². The van der Waals surface area contributed by atoms with E-state index in [-0.39, 0.29) is 40.5 Å². The molecule has 0 fully saturated rings. The highest BCUT2D eigenvalue weighted by atomic mass is 19.1. The molecule has 0 saturated heterocycles. The first-order valence-electron chi connectivity index (χ1n) is 13.8. The van der Waals surface area contributed by atoms with E-state index >= 15 is 4.39 Å². The largest absolute Gasteiger partial charge is 0.460 e. The van der Waals surface area contributed by atoms with Crippen molar-refractivity contribution in [1.29, 1.82) is 0 Å². The summed E-state index contributed by atoms with van der Waals surface area (Å²) in [4.78, 5) is 47.8. The van der Waals surface area contributed by atoms with Crippen LogP contribution in [0.3, 0.4) is 0 Å². The van der Waals surface area contributed by atoms with Crippen molar-refractivity contribution in [3.63, 3.8) is 0 Å². The lowest BCUT2D eigenvalue weighted by molar-refractivity contribution is -0.146. The number of ether oxygens (including phenoxy) is 1. The number of fused-ring (bicyclic) bond motifs is 2. The number of benzene rings is 3. The van der Waals surface area contributed by atoms with Gasteiger partial charge >= 0.3 is 5.97 Å². The number of anilines is 1. The maximum Gasteiger partial charge on any atom is 0.322 e. The van der Waals surface area contributed by atoms with Gasteiger partial charge in [0.2, 0.25) is 6.17 Å². The molecule has 11 nitrogen and oxygen atoms in total. The predicted molar refractivity (Wildman–Crippen MR) is 160 cm³/mol. The third kappa shape index (κ3) is 5.76. The first-order valence-corrected chi connectivity index (χ1v) is 13.8. The number of hydrogen-bond acceptors (Lipinski definition) is 8. The van der Waals surface area contributed by atoms with Crippen LogP contribution in [0.15, 0.2) is 90.2 Å². The molecular formula is C32H25F2N7O4. The molecule has 1 aliphatic heterocycles. The minimum absolute atomic E-state index is 0.0406. The number of carbonyl (C=O) groups is 3. The van der Waals surface area contributed by atoms with E-state index in [1.165, 1.54) is 48.1 Å². The van der Waals surface area contributed by atoms with Gasteiger partial charge in [0.15, 0.2) is 5.65 Å². The molecule has 2 aromatic heterocycles. The van der Waals surface area contributed by atoms with E-state index in [1.807, 2.05) is 0 Å². The number of aromatic nitrogens is 3. The summed E-state index contributed by atoms with van der Waals surface area (Å²) >= 11 is 0. The molecule has 3 heterocycles. The zero-order valence-electron chi connectivity index (χ0n) is 23.7. The fourth-order valence-corrected chi connectivity index (χ4v) is 4.83. The van der Waals surface area contributed by atoms with Crippen molar-refractivity contribution in [3.8, 4) is 11.3 Å². The average Bonchev–Trinajstić information content (AvgIpc) is 3.35. The molecule has 6 rings (SSSR count). The third-order valence-corrected chi connectivity index (χ3v) is 7.00. The molecule has 13 heteroatoms. The number of aliphatic imine (C=N–C) groups is 1. The number of rotatable bonds is 7. The van der Waals surface area contributed by atoms with Crippen molar-refractivity contribution >= 4 is 34.8 Å². The second kappa shape index (κ2) is 12.1. The molecule has 0 spiro atoms. The Hall–Kier alpha value is -5.82. The number of esters is 1. The van der Waals surface area contributed by atoms with Crippen LogP contribution in [0.4, 0.5) is 14.5 Å². The summed E-state index contributed by atoms with van der Waals surface area (Å²) < 4.78 is 36.8. The first kappa shape index (κ1) is 29.3. The Bertz CT molecular complexity index is 1990. The molecule has 2 amide bonds. The Balaban J connectivity index is 1.38. The van der Waals surface area contributed by atoms with Crippen molar-refractivity contribution in [1.82, 2.24) is 19.9 Å². The SMILES string of the molecule is C[C@H](N)C(=O)OCc1ccc(-c2nn3cccnc3c2C(=O)N[C@H]2N=C(c3ccccc3)c3cccc(F)c3NC2=O)c(F)c1. The van der Waals surface area contributed by atoms with E-state index < -0.39 is 41.6 Å². The van der Waals surface area contributed by atoms with Crippen LogP contribution in [-0.4, -0.2) is 50.3 Å². The zero-order valence-corrected chi connectivity index (χ0v) is 23.7. The van der Waals surface area contributed by atoms with Crippen LogP contribution in [0.2, 0.25) is 0 Å². The lowest BCUT2D eigenvalue weighted by atomic mass is 10.0. The Kier molecular flexibility index (Phi) is 7.84. The fraction of sp³-hybridized carbons (Fsp3) is 0.125. The Morgan fingerprint density at radius 3 is 2.60 bits per heavy atom. The van der Waals surface area contributed by atoms with Gasteiger partial charge in [0, 0.05) is 29.1 Å². The lowest BCUT2D eigenvalue weighted by Crippen LogP contribution is -2.42. The minimum atomic E-state index is -1.50. The molecule has 0 saturated carbocycles. The monoisotopic (exact) mass is 609 g/mol. The average molecular weight is 610 g/mol. The van der Waals surface area contributed by atoms with E-state index in [9.17, 15) is 18.8 Å². The summed E-state index contributed by atoms with van der Waals surface area (Å²) in [6.07, 6.45) is 1.47. The predicted octanol–water partition coefficient (Wildman–Crippen LogP) is 3.61. The highest BCUT2D eigenvalue weighted by Gasteiger charge is 2.32. The summed E-state index contributed by atoms with van der Waals surface area (Å²) in [5.74, 6) is -3.67. The molecule has 226 valence electrons. The Morgan fingerprint density at radius 1 is 1.04 bits per heavy atom. The number of benzodiazepines with no additional fused rings is 1. The third-order valence-electron chi connectivity index (χ3n) is 7.00. The Morgan fingerprint density at radius 2 is 1.84 bits per heavy atom.